The summed E-state index contributed by atoms with van der Waals surface area (Å²) >= 11 is 0. The fourth-order valence-electron chi connectivity index (χ4n) is 0.897. The molecule has 0 spiro atoms. The zero-order chi connectivity index (χ0) is 7.68. The maximum Gasteiger partial charge on any atom is 0.255 e. The van der Waals surface area contributed by atoms with E-state index in [9.17, 15) is 4.79 Å². The second-order valence-corrected chi connectivity index (χ2v) is 2.12. The molecule has 0 unspecified atom stereocenters. The molecule has 1 aliphatic heterocycles. The van der Waals surface area contributed by atoms with Crippen LogP contribution in [0.15, 0.2) is 17.5 Å². The molecule has 1 aromatic rings. The van der Waals surface area contributed by atoms with Crippen LogP contribution in [0.1, 0.15) is 6.42 Å². The van der Waals surface area contributed by atoms with Crippen molar-refractivity contribution in [2.75, 3.05) is 5.01 Å². The van der Waals surface area contributed by atoms with E-state index in [1.807, 2.05) is 0 Å². The summed E-state index contributed by atoms with van der Waals surface area (Å²) in [7, 11) is 0. The molecule has 1 amide bonds. The maximum absolute atomic E-state index is 11.0. The summed E-state index contributed by atoms with van der Waals surface area (Å²) in [6.45, 7) is 0. The van der Waals surface area contributed by atoms with Gasteiger partial charge in [-0.15, -0.1) is 0 Å². The van der Waals surface area contributed by atoms with Crippen LogP contribution < -0.4 is 5.01 Å². The van der Waals surface area contributed by atoms with E-state index in [4.69, 9.17) is 0 Å². The van der Waals surface area contributed by atoms with Crippen molar-refractivity contribution in [2.45, 2.75) is 6.42 Å². The Morgan fingerprint density at radius 2 is 2.55 bits per heavy atom. The fourth-order valence-corrected chi connectivity index (χ4v) is 0.897. The number of nitrogens with zero attached hydrogens (tertiary/aromatic N) is 3. The summed E-state index contributed by atoms with van der Waals surface area (Å²) in [4.78, 5) is 17.7. The standard InChI is InChI=1S/C6H6N4O/c11-5-1-2-9-10(5)6-7-3-4-8-6/h2-4H,1H2,(H,7,8). The Balaban J connectivity index is 2.30. The highest BCUT2D eigenvalue weighted by Gasteiger charge is 2.19. The van der Waals surface area contributed by atoms with Gasteiger partial charge in [0.1, 0.15) is 0 Å². The lowest BCUT2D eigenvalue weighted by molar-refractivity contribution is -0.116. The molecule has 0 saturated carbocycles. The molecule has 56 valence electrons. The van der Waals surface area contributed by atoms with E-state index in [-0.39, 0.29) is 5.91 Å². The van der Waals surface area contributed by atoms with Crippen molar-refractivity contribution in [3.05, 3.63) is 12.4 Å². The van der Waals surface area contributed by atoms with Gasteiger partial charge in [-0.1, -0.05) is 0 Å². The molecule has 5 nitrogen and oxygen atoms in total. The van der Waals surface area contributed by atoms with Crippen molar-refractivity contribution in [1.29, 1.82) is 0 Å². The topological polar surface area (TPSA) is 61.4 Å². The van der Waals surface area contributed by atoms with E-state index >= 15 is 0 Å². The van der Waals surface area contributed by atoms with Crippen LogP contribution in [0.4, 0.5) is 5.95 Å². The molecule has 1 aliphatic rings. The Morgan fingerprint density at radius 1 is 1.64 bits per heavy atom. The largest absolute Gasteiger partial charge is 0.329 e. The molecule has 5 heteroatoms. The number of hydrazone groups is 1. The first-order chi connectivity index (χ1) is 5.38. The Bertz CT molecular complexity index is 290. The number of anilines is 1. The number of nitrogens with one attached hydrogen (secondary N) is 1. The summed E-state index contributed by atoms with van der Waals surface area (Å²) in [6.07, 6.45) is 5.15. The Kier molecular flexibility index (Phi) is 1.21. The molecule has 0 aromatic carbocycles. The van der Waals surface area contributed by atoms with E-state index in [2.05, 4.69) is 15.1 Å². The molecule has 1 N–H and O–H groups in total. The number of imidazole rings is 1. The molecule has 0 atom stereocenters. The van der Waals surface area contributed by atoms with Crippen LogP contribution >= 0.6 is 0 Å². The molecule has 0 fully saturated rings. The van der Waals surface area contributed by atoms with Gasteiger partial charge in [0.15, 0.2) is 0 Å². The summed E-state index contributed by atoms with van der Waals surface area (Å²) in [5.74, 6) is 0.420. The average molecular weight is 150 g/mol. The molecule has 11 heavy (non-hydrogen) atoms. The molecular weight excluding hydrogens is 144 g/mol. The van der Waals surface area contributed by atoms with Crippen LogP contribution in [-0.2, 0) is 4.79 Å². The van der Waals surface area contributed by atoms with Gasteiger partial charge in [-0.05, 0) is 0 Å². The molecule has 1 aromatic heterocycles. The van der Waals surface area contributed by atoms with Gasteiger partial charge in [0, 0.05) is 18.6 Å². The van der Waals surface area contributed by atoms with E-state index in [1.54, 1.807) is 18.6 Å². The van der Waals surface area contributed by atoms with Crippen LogP contribution in [-0.4, -0.2) is 22.1 Å². The first-order valence-electron chi connectivity index (χ1n) is 3.23. The molecule has 0 bridgehead atoms. The van der Waals surface area contributed by atoms with E-state index < -0.39 is 0 Å². The third-order valence-corrected chi connectivity index (χ3v) is 1.38. The van der Waals surface area contributed by atoms with Crippen molar-refractivity contribution in [2.24, 2.45) is 5.10 Å². The maximum atomic E-state index is 11.0. The number of hydrogen-bond acceptors (Lipinski definition) is 3. The monoisotopic (exact) mass is 150 g/mol. The third-order valence-electron chi connectivity index (χ3n) is 1.38. The highest BCUT2D eigenvalue weighted by atomic mass is 16.2. The number of aromatic nitrogens is 2. The Labute approximate surface area is 62.7 Å². The summed E-state index contributed by atoms with van der Waals surface area (Å²) in [5, 5.41) is 5.07. The van der Waals surface area contributed by atoms with Gasteiger partial charge < -0.3 is 4.98 Å². The summed E-state index contributed by atoms with van der Waals surface area (Å²) in [5.41, 5.74) is 0. The quantitative estimate of drug-likeness (QED) is 0.618. The number of rotatable bonds is 1. The molecule has 0 saturated heterocycles. The number of H-pyrrole nitrogens is 1. The Morgan fingerprint density at radius 3 is 3.09 bits per heavy atom. The fraction of sp³-hybridized carbons (Fsp3) is 0.167. The van der Waals surface area contributed by atoms with Crippen LogP contribution in [0.3, 0.4) is 0 Å². The van der Waals surface area contributed by atoms with E-state index in [1.165, 1.54) is 5.01 Å². The lowest BCUT2D eigenvalue weighted by Gasteiger charge is -2.05. The minimum Gasteiger partial charge on any atom is -0.329 e. The van der Waals surface area contributed by atoms with Crippen molar-refractivity contribution >= 4 is 18.1 Å². The first kappa shape index (κ1) is 6.09. The molecular formula is C6H6N4O. The minimum absolute atomic E-state index is 0.0556. The second-order valence-electron chi connectivity index (χ2n) is 2.12. The van der Waals surface area contributed by atoms with Gasteiger partial charge in [-0.25, -0.2) is 4.98 Å². The normalized spacial score (nSPS) is 16.4. The zero-order valence-corrected chi connectivity index (χ0v) is 5.69. The van der Waals surface area contributed by atoms with E-state index in [0.29, 0.717) is 12.4 Å². The first-order valence-corrected chi connectivity index (χ1v) is 3.23. The van der Waals surface area contributed by atoms with Crippen molar-refractivity contribution in [3.8, 4) is 0 Å². The highest BCUT2D eigenvalue weighted by molar-refractivity contribution is 6.04. The summed E-state index contributed by atoms with van der Waals surface area (Å²) in [6, 6.07) is 0. The second kappa shape index (κ2) is 2.19. The predicted octanol–water partition coefficient (Wildman–Crippen LogP) is 0.132. The van der Waals surface area contributed by atoms with Crippen LogP contribution in [0.5, 0.6) is 0 Å². The molecule has 2 rings (SSSR count). The number of amides is 1. The van der Waals surface area contributed by atoms with Crippen LogP contribution in [0.2, 0.25) is 0 Å². The number of carbonyl (C=O) groups excluding carboxylic acids is 1. The van der Waals surface area contributed by atoms with E-state index in [0.717, 1.165) is 0 Å². The predicted molar refractivity (Wildman–Crippen MR) is 39.2 cm³/mol. The smallest absolute Gasteiger partial charge is 0.255 e. The zero-order valence-electron chi connectivity index (χ0n) is 5.69. The van der Waals surface area contributed by atoms with Crippen LogP contribution in [0.25, 0.3) is 0 Å². The SMILES string of the molecule is O=C1CC=NN1c1ncc[nH]1. The molecule has 0 aliphatic carbocycles. The average Bonchev–Trinajstić information content (AvgIpc) is 2.55. The van der Waals surface area contributed by atoms with Crippen molar-refractivity contribution in [1.82, 2.24) is 9.97 Å². The van der Waals surface area contributed by atoms with Crippen molar-refractivity contribution in [3.63, 3.8) is 0 Å². The number of carbonyl (C=O) groups is 1. The van der Waals surface area contributed by atoms with Crippen LogP contribution in [0, 0.1) is 0 Å². The number of hydrogen-bond donors (Lipinski definition) is 1. The summed E-state index contributed by atoms with van der Waals surface area (Å²) < 4.78 is 0. The van der Waals surface area contributed by atoms with Gasteiger partial charge in [-0.2, -0.15) is 10.1 Å². The minimum atomic E-state index is -0.0556. The van der Waals surface area contributed by atoms with Gasteiger partial charge >= 0.3 is 0 Å². The highest BCUT2D eigenvalue weighted by Crippen LogP contribution is 2.11. The van der Waals surface area contributed by atoms with Gasteiger partial charge in [0.05, 0.1) is 6.42 Å². The third kappa shape index (κ3) is 0.899. The van der Waals surface area contributed by atoms with Crippen molar-refractivity contribution < 1.29 is 4.79 Å². The lowest BCUT2D eigenvalue weighted by atomic mass is 10.5. The van der Waals surface area contributed by atoms with Gasteiger partial charge in [0.2, 0.25) is 5.95 Å². The number of aromatic amines is 1. The van der Waals surface area contributed by atoms with Gasteiger partial charge in [0.25, 0.3) is 5.91 Å². The Hall–Kier alpha value is -1.65. The lowest BCUT2D eigenvalue weighted by Crippen LogP contribution is -2.20. The molecule has 2 heterocycles. The van der Waals surface area contributed by atoms with Gasteiger partial charge in [-0.3, -0.25) is 4.79 Å². The molecule has 0 radical (unpaired) electrons.